The van der Waals surface area contributed by atoms with Crippen LogP contribution in [0.1, 0.15) is 45.9 Å². The van der Waals surface area contributed by atoms with Crippen molar-refractivity contribution in [2.45, 2.75) is 52.3 Å². The van der Waals surface area contributed by atoms with Crippen LogP contribution in [0, 0.1) is 0 Å². The van der Waals surface area contributed by atoms with E-state index in [0.29, 0.717) is 12.1 Å². The molecular formula is C16H27N3O. The molecule has 2 rings (SSSR count). The summed E-state index contributed by atoms with van der Waals surface area (Å²) in [4.78, 5) is 7.05. The molecule has 0 amide bonds. The Bertz CT molecular complexity index is 407. The maximum atomic E-state index is 5.75. The number of ether oxygens (including phenoxy) is 1. The Balaban J connectivity index is 2.11. The molecule has 0 radical (unpaired) electrons. The van der Waals surface area contributed by atoms with Gasteiger partial charge in [-0.3, -0.25) is 4.98 Å². The number of anilines is 1. The van der Waals surface area contributed by atoms with Gasteiger partial charge in [-0.1, -0.05) is 13.8 Å². The molecule has 1 N–H and O–H groups in total. The Labute approximate surface area is 122 Å². The first-order chi connectivity index (χ1) is 9.65. The molecule has 1 saturated heterocycles. The van der Waals surface area contributed by atoms with Gasteiger partial charge in [-0.15, -0.1) is 0 Å². The first kappa shape index (κ1) is 15.3. The van der Waals surface area contributed by atoms with E-state index >= 15 is 0 Å². The fourth-order valence-corrected chi connectivity index (χ4v) is 2.73. The van der Waals surface area contributed by atoms with Crippen molar-refractivity contribution in [2.75, 3.05) is 24.6 Å². The molecule has 3 atom stereocenters. The van der Waals surface area contributed by atoms with Gasteiger partial charge in [0.2, 0.25) is 0 Å². The molecule has 4 heteroatoms. The van der Waals surface area contributed by atoms with Gasteiger partial charge in [0.1, 0.15) is 0 Å². The highest BCUT2D eigenvalue weighted by molar-refractivity contribution is 5.46. The van der Waals surface area contributed by atoms with E-state index in [4.69, 9.17) is 4.74 Å². The molecule has 20 heavy (non-hydrogen) atoms. The van der Waals surface area contributed by atoms with Crippen molar-refractivity contribution in [1.82, 2.24) is 10.3 Å². The first-order valence-electron chi connectivity index (χ1n) is 7.73. The summed E-state index contributed by atoms with van der Waals surface area (Å²) < 4.78 is 5.75. The molecule has 1 aromatic rings. The lowest BCUT2D eigenvalue weighted by molar-refractivity contribution is 0.0299. The molecule has 4 nitrogen and oxygen atoms in total. The SMILES string of the molecule is CCNC(C)c1ccc(N2CC(C)OCC2CC)cn1. The summed E-state index contributed by atoms with van der Waals surface area (Å²) >= 11 is 0. The fourth-order valence-electron chi connectivity index (χ4n) is 2.73. The summed E-state index contributed by atoms with van der Waals surface area (Å²) in [6.07, 6.45) is 3.39. The molecule has 0 aliphatic carbocycles. The molecule has 2 heterocycles. The zero-order valence-electron chi connectivity index (χ0n) is 13.1. The summed E-state index contributed by atoms with van der Waals surface area (Å²) in [7, 11) is 0. The van der Waals surface area contributed by atoms with E-state index in [2.05, 4.69) is 55.0 Å². The Morgan fingerprint density at radius 3 is 2.85 bits per heavy atom. The molecule has 0 saturated carbocycles. The van der Waals surface area contributed by atoms with Crippen LogP contribution in [0.2, 0.25) is 0 Å². The number of aromatic nitrogens is 1. The largest absolute Gasteiger partial charge is 0.375 e. The average molecular weight is 277 g/mol. The van der Waals surface area contributed by atoms with Gasteiger partial charge >= 0.3 is 0 Å². The number of nitrogens with one attached hydrogen (secondary N) is 1. The number of hydrogen-bond acceptors (Lipinski definition) is 4. The maximum Gasteiger partial charge on any atom is 0.0723 e. The minimum absolute atomic E-state index is 0.290. The number of nitrogens with zero attached hydrogens (tertiary/aromatic N) is 2. The zero-order chi connectivity index (χ0) is 14.5. The molecule has 0 aromatic carbocycles. The van der Waals surface area contributed by atoms with Gasteiger partial charge in [0.15, 0.2) is 0 Å². The van der Waals surface area contributed by atoms with Crippen LogP contribution in [-0.4, -0.2) is 36.8 Å². The molecule has 112 valence electrons. The van der Waals surface area contributed by atoms with Crippen molar-refractivity contribution in [3.05, 3.63) is 24.0 Å². The highest BCUT2D eigenvalue weighted by Crippen LogP contribution is 2.23. The molecule has 1 fully saturated rings. The summed E-state index contributed by atoms with van der Waals surface area (Å²) in [5.74, 6) is 0. The smallest absolute Gasteiger partial charge is 0.0723 e. The van der Waals surface area contributed by atoms with E-state index in [1.165, 1.54) is 5.69 Å². The summed E-state index contributed by atoms with van der Waals surface area (Å²) in [5.41, 5.74) is 2.31. The van der Waals surface area contributed by atoms with Gasteiger partial charge in [0.05, 0.1) is 36.3 Å². The highest BCUT2D eigenvalue weighted by atomic mass is 16.5. The molecule has 0 spiro atoms. The second-order valence-electron chi connectivity index (χ2n) is 5.58. The molecule has 1 aliphatic heterocycles. The first-order valence-corrected chi connectivity index (χ1v) is 7.73. The van der Waals surface area contributed by atoms with Crippen LogP contribution < -0.4 is 10.2 Å². The second-order valence-corrected chi connectivity index (χ2v) is 5.58. The van der Waals surface area contributed by atoms with Crippen molar-refractivity contribution in [3.8, 4) is 0 Å². The third-order valence-electron chi connectivity index (χ3n) is 4.00. The van der Waals surface area contributed by atoms with Gasteiger partial charge in [-0.05, 0) is 38.9 Å². The van der Waals surface area contributed by atoms with Crippen molar-refractivity contribution in [1.29, 1.82) is 0 Å². The molecule has 1 aliphatic rings. The van der Waals surface area contributed by atoms with Crippen molar-refractivity contribution >= 4 is 5.69 Å². The second kappa shape index (κ2) is 7.04. The predicted octanol–water partition coefficient (Wildman–Crippen LogP) is 2.76. The normalized spacial score (nSPS) is 24.7. The highest BCUT2D eigenvalue weighted by Gasteiger charge is 2.25. The van der Waals surface area contributed by atoms with Crippen molar-refractivity contribution in [3.63, 3.8) is 0 Å². The Hall–Kier alpha value is -1.13. The third-order valence-corrected chi connectivity index (χ3v) is 4.00. The summed E-state index contributed by atoms with van der Waals surface area (Å²) in [5, 5.41) is 3.39. The minimum atomic E-state index is 0.290. The standard InChI is InChI=1S/C16H27N3O/c1-5-14-11-20-12(3)10-19(14)15-7-8-16(18-9-15)13(4)17-6-2/h7-9,12-14,17H,5-6,10-11H2,1-4H3. The quantitative estimate of drug-likeness (QED) is 0.898. The van der Waals surface area contributed by atoms with Crippen molar-refractivity contribution < 1.29 is 4.74 Å². The Kier molecular flexibility index (Phi) is 5.38. The lowest BCUT2D eigenvalue weighted by Crippen LogP contribution is -2.48. The molecule has 1 aromatic heterocycles. The average Bonchev–Trinajstić information content (AvgIpc) is 2.47. The van der Waals surface area contributed by atoms with Crippen LogP contribution in [0.25, 0.3) is 0 Å². The molecule has 0 bridgehead atoms. The predicted molar refractivity (Wildman–Crippen MR) is 83.2 cm³/mol. The van der Waals surface area contributed by atoms with Gasteiger partial charge < -0.3 is 15.0 Å². The molecule has 3 unspecified atom stereocenters. The number of pyridine rings is 1. The van der Waals surface area contributed by atoms with Crippen LogP contribution in [0.4, 0.5) is 5.69 Å². The minimum Gasteiger partial charge on any atom is -0.375 e. The number of morpholine rings is 1. The Morgan fingerprint density at radius 1 is 1.45 bits per heavy atom. The lowest BCUT2D eigenvalue weighted by atomic mass is 10.1. The van der Waals surface area contributed by atoms with E-state index in [1.54, 1.807) is 0 Å². The van der Waals surface area contributed by atoms with E-state index in [1.807, 2.05) is 6.20 Å². The van der Waals surface area contributed by atoms with Crippen LogP contribution in [-0.2, 0) is 4.74 Å². The Morgan fingerprint density at radius 2 is 2.25 bits per heavy atom. The van der Waals surface area contributed by atoms with Gasteiger partial charge in [-0.25, -0.2) is 0 Å². The van der Waals surface area contributed by atoms with E-state index in [-0.39, 0.29) is 6.10 Å². The van der Waals surface area contributed by atoms with Gasteiger partial charge in [-0.2, -0.15) is 0 Å². The number of rotatable bonds is 5. The number of hydrogen-bond donors (Lipinski definition) is 1. The zero-order valence-corrected chi connectivity index (χ0v) is 13.1. The van der Waals surface area contributed by atoms with Crippen LogP contribution in [0.5, 0.6) is 0 Å². The lowest BCUT2D eigenvalue weighted by Gasteiger charge is -2.39. The van der Waals surface area contributed by atoms with E-state index in [9.17, 15) is 0 Å². The van der Waals surface area contributed by atoms with Crippen molar-refractivity contribution in [2.24, 2.45) is 0 Å². The summed E-state index contributed by atoms with van der Waals surface area (Å²) in [6.45, 7) is 11.3. The van der Waals surface area contributed by atoms with Gasteiger partial charge in [0, 0.05) is 12.6 Å². The third kappa shape index (κ3) is 3.49. The van der Waals surface area contributed by atoms with E-state index in [0.717, 1.165) is 31.8 Å². The van der Waals surface area contributed by atoms with Crippen LogP contribution in [0.3, 0.4) is 0 Å². The summed E-state index contributed by atoms with van der Waals surface area (Å²) in [6, 6.07) is 5.09. The van der Waals surface area contributed by atoms with Crippen LogP contribution in [0.15, 0.2) is 18.3 Å². The molecular weight excluding hydrogens is 250 g/mol. The monoisotopic (exact) mass is 277 g/mol. The maximum absolute atomic E-state index is 5.75. The fraction of sp³-hybridized carbons (Fsp3) is 0.688. The van der Waals surface area contributed by atoms with Crippen LogP contribution >= 0.6 is 0 Å². The van der Waals surface area contributed by atoms with E-state index < -0.39 is 0 Å². The van der Waals surface area contributed by atoms with Gasteiger partial charge in [0.25, 0.3) is 0 Å². The topological polar surface area (TPSA) is 37.4 Å².